The van der Waals surface area contributed by atoms with E-state index in [1.165, 1.54) is 64.2 Å². The minimum Gasteiger partial charge on any atom is -0.481 e. The van der Waals surface area contributed by atoms with Crippen molar-refractivity contribution in [2.24, 2.45) is 17.8 Å². The van der Waals surface area contributed by atoms with Crippen molar-refractivity contribution in [1.29, 1.82) is 0 Å². The molecule has 0 aliphatic rings. The molecule has 0 aromatic rings. The van der Waals surface area contributed by atoms with Gasteiger partial charge in [0.15, 0.2) is 0 Å². The maximum Gasteiger partial charge on any atom is 0.311 e. The van der Waals surface area contributed by atoms with Crippen LogP contribution in [0.4, 0.5) is 0 Å². The quantitative estimate of drug-likeness (QED) is 0.0762. The first-order valence-corrected chi connectivity index (χ1v) is 14.2. The van der Waals surface area contributed by atoms with Crippen LogP contribution in [0.15, 0.2) is 12.2 Å². The molecular weight excluding hydrogens is 458 g/mol. The molecule has 0 heterocycles. The molecule has 3 atom stereocenters. The number of quaternary nitrogens is 1. The highest BCUT2D eigenvalue weighted by Crippen LogP contribution is 2.21. The smallest absolute Gasteiger partial charge is 0.311 e. The molecular formula is C29H54NO6+. The first kappa shape index (κ1) is 34.1. The molecule has 0 saturated carbocycles. The van der Waals surface area contributed by atoms with Gasteiger partial charge in [0, 0.05) is 6.42 Å². The van der Waals surface area contributed by atoms with Crippen LogP contribution in [0.5, 0.6) is 0 Å². The van der Waals surface area contributed by atoms with E-state index in [1.807, 2.05) is 0 Å². The van der Waals surface area contributed by atoms with Crippen LogP contribution in [0, 0.1) is 17.8 Å². The van der Waals surface area contributed by atoms with Crippen LogP contribution < -0.4 is 0 Å². The Labute approximate surface area is 219 Å². The van der Waals surface area contributed by atoms with E-state index >= 15 is 0 Å². The van der Waals surface area contributed by atoms with E-state index in [0.29, 0.717) is 6.54 Å². The molecule has 0 radical (unpaired) electrons. The highest BCUT2D eigenvalue weighted by molar-refractivity contribution is 5.70. The van der Waals surface area contributed by atoms with Crippen LogP contribution >= 0.6 is 0 Å². The average Bonchev–Trinajstić information content (AvgIpc) is 2.81. The molecule has 0 fully saturated rings. The SMILES string of the molecule is CCCCCCCCCCCC/C=C/CCC[N+](CC(C)C(=O)O)(CC(C)C(=O)O)CC(C)C(=O)O. The van der Waals surface area contributed by atoms with Gasteiger partial charge < -0.3 is 19.8 Å². The number of hydrogen-bond donors (Lipinski definition) is 3. The summed E-state index contributed by atoms with van der Waals surface area (Å²) in [5.41, 5.74) is 0. The van der Waals surface area contributed by atoms with Crippen molar-refractivity contribution in [3.63, 3.8) is 0 Å². The largest absolute Gasteiger partial charge is 0.481 e. The summed E-state index contributed by atoms with van der Waals surface area (Å²) in [7, 11) is 0. The van der Waals surface area contributed by atoms with Gasteiger partial charge in [-0.3, -0.25) is 14.4 Å². The predicted molar refractivity (Wildman–Crippen MR) is 145 cm³/mol. The van der Waals surface area contributed by atoms with Crippen molar-refractivity contribution in [2.45, 2.75) is 111 Å². The molecule has 0 aromatic carbocycles. The van der Waals surface area contributed by atoms with Crippen molar-refractivity contribution in [3.05, 3.63) is 12.2 Å². The molecule has 0 amide bonds. The number of carbonyl (C=O) groups is 3. The van der Waals surface area contributed by atoms with Crippen LogP contribution in [0.25, 0.3) is 0 Å². The van der Waals surface area contributed by atoms with Crippen LogP contribution in [0.2, 0.25) is 0 Å². The molecule has 0 bridgehead atoms. The lowest BCUT2D eigenvalue weighted by Crippen LogP contribution is -2.57. The Hall–Kier alpha value is -1.89. The van der Waals surface area contributed by atoms with Gasteiger partial charge in [-0.1, -0.05) is 76.9 Å². The number of carboxylic acids is 3. The number of allylic oxidation sites excluding steroid dienone is 2. The van der Waals surface area contributed by atoms with Crippen molar-refractivity contribution in [2.75, 3.05) is 26.2 Å². The molecule has 210 valence electrons. The second-order valence-corrected chi connectivity index (χ2v) is 10.9. The number of nitrogens with zero attached hydrogens (tertiary/aromatic N) is 1. The van der Waals surface area contributed by atoms with Gasteiger partial charge in [0.1, 0.15) is 17.8 Å². The zero-order valence-corrected chi connectivity index (χ0v) is 23.4. The Morgan fingerprint density at radius 1 is 0.583 bits per heavy atom. The molecule has 7 nitrogen and oxygen atoms in total. The first-order valence-electron chi connectivity index (χ1n) is 14.2. The van der Waals surface area contributed by atoms with E-state index in [9.17, 15) is 29.7 Å². The summed E-state index contributed by atoms with van der Waals surface area (Å²) >= 11 is 0. The molecule has 0 aliphatic heterocycles. The van der Waals surface area contributed by atoms with E-state index in [1.54, 1.807) is 20.8 Å². The van der Waals surface area contributed by atoms with Crippen molar-refractivity contribution < 1.29 is 34.2 Å². The number of unbranched alkanes of at least 4 members (excludes halogenated alkanes) is 11. The van der Waals surface area contributed by atoms with Gasteiger partial charge in [-0.15, -0.1) is 0 Å². The van der Waals surface area contributed by atoms with E-state index in [0.717, 1.165) is 19.3 Å². The predicted octanol–water partition coefficient (Wildman–Crippen LogP) is 6.61. The molecule has 0 aromatic heterocycles. The average molecular weight is 513 g/mol. The zero-order chi connectivity index (χ0) is 27.4. The topological polar surface area (TPSA) is 112 Å². The summed E-state index contributed by atoms with van der Waals surface area (Å²) in [6, 6.07) is 0. The van der Waals surface area contributed by atoms with Gasteiger partial charge in [0.25, 0.3) is 0 Å². The lowest BCUT2D eigenvalue weighted by molar-refractivity contribution is -0.934. The summed E-state index contributed by atoms with van der Waals surface area (Å²) in [5.74, 6) is -4.88. The molecule has 0 spiro atoms. The number of hydrogen-bond acceptors (Lipinski definition) is 3. The molecule has 0 rings (SSSR count). The lowest BCUT2D eigenvalue weighted by atomic mass is 10.0. The fourth-order valence-electron chi connectivity index (χ4n) is 5.00. The van der Waals surface area contributed by atoms with Gasteiger partial charge in [-0.25, -0.2) is 0 Å². The fraction of sp³-hybridized carbons (Fsp3) is 0.828. The third kappa shape index (κ3) is 16.7. The maximum absolute atomic E-state index is 11.6. The van der Waals surface area contributed by atoms with Crippen molar-refractivity contribution in [3.8, 4) is 0 Å². The van der Waals surface area contributed by atoms with E-state index < -0.39 is 35.7 Å². The third-order valence-corrected chi connectivity index (χ3v) is 7.14. The maximum atomic E-state index is 11.6. The Morgan fingerprint density at radius 3 is 1.28 bits per heavy atom. The minimum atomic E-state index is -0.945. The second-order valence-electron chi connectivity index (χ2n) is 10.9. The lowest BCUT2D eigenvalue weighted by Gasteiger charge is -2.42. The number of aliphatic carboxylic acids is 3. The highest BCUT2D eigenvalue weighted by Gasteiger charge is 2.38. The minimum absolute atomic E-state index is 0.195. The van der Waals surface area contributed by atoms with Gasteiger partial charge in [0.2, 0.25) is 0 Å². The fourth-order valence-corrected chi connectivity index (χ4v) is 5.00. The molecule has 3 unspecified atom stereocenters. The zero-order valence-electron chi connectivity index (χ0n) is 23.4. The molecule has 0 aliphatic carbocycles. The summed E-state index contributed by atoms with van der Waals surface area (Å²) in [6.07, 6.45) is 20.2. The number of carboxylic acid groups (broad SMARTS) is 3. The molecule has 3 N–H and O–H groups in total. The summed E-state index contributed by atoms with van der Waals surface area (Å²) < 4.78 is 0.195. The van der Waals surface area contributed by atoms with Crippen molar-refractivity contribution >= 4 is 17.9 Å². The first-order chi connectivity index (χ1) is 17.0. The van der Waals surface area contributed by atoms with Gasteiger partial charge in [-0.2, -0.15) is 0 Å². The highest BCUT2D eigenvalue weighted by atomic mass is 16.4. The van der Waals surface area contributed by atoms with E-state index in [-0.39, 0.29) is 24.1 Å². The van der Waals surface area contributed by atoms with Crippen molar-refractivity contribution in [1.82, 2.24) is 0 Å². The standard InChI is InChI=1S/C29H53NO6/c1-5-6-7-8-9-10-11-12-13-14-15-16-17-18-19-20-30(21-24(2)27(31)32,22-25(3)28(33)34)23-26(4)29(35)36/h16-17,24-26H,5-15,18-23H2,1-4H3,(H2-,31,32,33,34,35,36)/p+1/b17-16+. The van der Waals surface area contributed by atoms with Crippen LogP contribution in [0.1, 0.15) is 111 Å². The Morgan fingerprint density at radius 2 is 0.917 bits per heavy atom. The number of rotatable bonds is 24. The Kier molecular flexibility index (Phi) is 19.1. The van der Waals surface area contributed by atoms with E-state index in [2.05, 4.69) is 19.1 Å². The van der Waals surface area contributed by atoms with Gasteiger partial charge >= 0.3 is 17.9 Å². The Bertz CT molecular complexity index is 593. The van der Waals surface area contributed by atoms with Crippen LogP contribution in [-0.4, -0.2) is 63.9 Å². The second kappa shape index (κ2) is 20.2. The normalized spacial score (nSPS) is 15.9. The van der Waals surface area contributed by atoms with Crippen LogP contribution in [0.3, 0.4) is 0 Å². The van der Waals surface area contributed by atoms with Gasteiger partial charge in [0.05, 0.1) is 26.2 Å². The summed E-state index contributed by atoms with van der Waals surface area (Å²) in [6.45, 7) is 8.33. The van der Waals surface area contributed by atoms with Crippen LogP contribution in [-0.2, 0) is 14.4 Å². The molecule has 7 heteroatoms. The molecule has 0 saturated heterocycles. The summed E-state index contributed by atoms with van der Waals surface area (Å²) in [4.78, 5) is 34.7. The monoisotopic (exact) mass is 512 g/mol. The third-order valence-electron chi connectivity index (χ3n) is 7.14. The Balaban J connectivity index is 4.66. The molecule has 36 heavy (non-hydrogen) atoms. The van der Waals surface area contributed by atoms with E-state index in [4.69, 9.17) is 0 Å². The summed E-state index contributed by atoms with van der Waals surface area (Å²) in [5, 5.41) is 28.4. The van der Waals surface area contributed by atoms with Gasteiger partial charge in [-0.05, 0) is 40.0 Å².